The third-order valence-electron chi connectivity index (χ3n) is 5.26. The van der Waals surface area contributed by atoms with Crippen molar-refractivity contribution < 1.29 is 14.6 Å². The first-order valence-electron chi connectivity index (χ1n) is 10.1. The minimum Gasteiger partial charge on any atom is -0.478 e. The molecule has 2 heterocycles. The predicted molar refractivity (Wildman–Crippen MR) is 116 cm³/mol. The van der Waals surface area contributed by atoms with Crippen molar-refractivity contribution in [3.63, 3.8) is 0 Å². The van der Waals surface area contributed by atoms with Crippen LogP contribution < -0.4 is 5.56 Å². The second kappa shape index (κ2) is 7.80. The van der Waals surface area contributed by atoms with Gasteiger partial charge in [-0.25, -0.2) is 14.5 Å². The molecule has 0 aliphatic heterocycles. The molecule has 0 bridgehead atoms. The molecule has 30 heavy (non-hydrogen) atoms. The maximum absolute atomic E-state index is 13.3. The first-order chi connectivity index (χ1) is 14.2. The van der Waals surface area contributed by atoms with E-state index >= 15 is 0 Å². The largest absolute Gasteiger partial charge is 0.478 e. The maximum Gasteiger partial charge on any atom is 0.338 e. The number of fused-ring (bicyclic) bond motifs is 1. The second-order valence-corrected chi connectivity index (χ2v) is 14.6. The van der Waals surface area contributed by atoms with Gasteiger partial charge in [0.15, 0.2) is 0 Å². The van der Waals surface area contributed by atoms with Gasteiger partial charge in [0.05, 0.1) is 22.7 Å². The van der Waals surface area contributed by atoms with Crippen molar-refractivity contribution in [2.24, 2.45) is 0 Å². The summed E-state index contributed by atoms with van der Waals surface area (Å²) in [6.07, 6.45) is 4.89. The molecular formula is C21H26N4O4Si. The van der Waals surface area contributed by atoms with Crippen LogP contribution in [0.4, 0.5) is 0 Å². The lowest BCUT2D eigenvalue weighted by atomic mass is 10.1. The highest BCUT2D eigenvalue weighted by Gasteiger charge is 2.24. The molecule has 158 valence electrons. The summed E-state index contributed by atoms with van der Waals surface area (Å²) in [7, 11) is -1.26. The molecule has 9 heteroatoms. The van der Waals surface area contributed by atoms with Gasteiger partial charge in [0.25, 0.3) is 5.56 Å². The lowest BCUT2D eigenvalue weighted by molar-refractivity contribution is 0.0697. The molecule has 0 amide bonds. The van der Waals surface area contributed by atoms with E-state index < -0.39 is 14.0 Å². The average molecular weight is 427 g/mol. The Morgan fingerprint density at radius 2 is 2.07 bits per heavy atom. The number of carboxylic acids is 1. The molecule has 8 nitrogen and oxygen atoms in total. The van der Waals surface area contributed by atoms with E-state index in [9.17, 15) is 14.7 Å². The summed E-state index contributed by atoms with van der Waals surface area (Å²) in [5.74, 6) is -0.317. The molecule has 0 atom stereocenters. The molecule has 1 N–H and O–H groups in total. The summed E-state index contributed by atoms with van der Waals surface area (Å²) in [5.41, 5.74) is 1.54. The Morgan fingerprint density at radius 3 is 2.70 bits per heavy atom. The van der Waals surface area contributed by atoms with Crippen molar-refractivity contribution in [1.82, 2.24) is 19.3 Å². The zero-order chi connectivity index (χ0) is 21.5. The highest BCUT2D eigenvalue weighted by Crippen LogP contribution is 2.40. The molecule has 0 spiro atoms. The number of ether oxygens (including phenoxy) is 1. The summed E-state index contributed by atoms with van der Waals surface area (Å²) >= 11 is 0. The first-order valence-corrected chi connectivity index (χ1v) is 13.8. The zero-order valence-electron chi connectivity index (χ0n) is 17.5. The van der Waals surface area contributed by atoms with Gasteiger partial charge >= 0.3 is 5.97 Å². The summed E-state index contributed by atoms with van der Waals surface area (Å²) in [6, 6.07) is 6.77. The van der Waals surface area contributed by atoms with E-state index in [0.717, 1.165) is 24.4 Å². The van der Waals surface area contributed by atoms with Crippen LogP contribution in [0.25, 0.3) is 16.9 Å². The minimum absolute atomic E-state index is 0.0274. The molecule has 1 aliphatic rings. The predicted octanol–water partition coefficient (Wildman–Crippen LogP) is 3.47. The van der Waals surface area contributed by atoms with Crippen LogP contribution in [-0.2, 0) is 11.5 Å². The quantitative estimate of drug-likeness (QED) is 0.437. The maximum atomic E-state index is 13.3. The van der Waals surface area contributed by atoms with Gasteiger partial charge in [0.1, 0.15) is 6.73 Å². The molecule has 1 saturated carbocycles. The fraction of sp³-hybridized carbons (Fsp3) is 0.429. The molecule has 1 aliphatic carbocycles. The number of benzene rings is 1. The molecule has 0 unspecified atom stereocenters. The highest BCUT2D eigenvalue weighted by molar-refractivity contribution is 6.76. The van der Waals surface area contributed by atoms with Crippen LogP contribution >= 0.6 is 0 Å². The normalized spacial score (nSPS) is 14.4. The Balaban J connectivity index is 1.75. The third-order valence-corrected chi connectivity index (χ3v) is 6.96. The number of carboxylic acid groups (broad SMARTS) is 1. The van der Waals surface area contributed by atoms with Crippen molar-refractivity contribution in [3.05, 3.63) is 52.1 Å². The topological polar surface area (TPSA) is 99.2 Å². The van der Waals surface area contributed by atoms with Crippen molar-refractivity contribution in [2.75, 3.05) is 6.61 Å². The number of carbonyl (C=O) groups is 1. The Morgan fingerprint density at radius 1 is 1.30 bits per heavy atom. The minimum atomic E-state index is -1.26. The fourth-order valence-electron chi connectivity index (χ4n) is 3.27. The molecular weight excluding hydrogens is 400 g/mol. The van der Waals surface area contributed by atoms with E-state index in [1.165, 1.54) is 21.6 Å². The number of hydrogen-bond donors (Lipinski definition) is 1. The molecule has 0 saturated heterocycles. The van der Waals surface area contributed by atoms with E-state index in [-0.39, 0.29) is 23.8 Å². The number of hydrogen-bond acceptors (Lipinski definition) is 5. The van der Waals surface area contributed by atoms with E-state index in [1.54, 1.807) is 0 Å². The van der Waals surface area contributed by atoms with Crippen molar-refractivity contribution in [1.29, 1.82) is 0 Å². The molecule has 3 aromatic rings. The van der Waals surface area contributed by atoms with Gasteiger partial charge in [-0.3, -0.25) is 9.36 Å². The number of aromatic carboxylic acids is 1. The average Bonchev–Trinajstić information content (AvgIpc) is 3.41. The Hall–Kier alpha value is -2.78. The van der Waals surface area contributed by atoms with Crippen LogP contribution in [0.2, 0.25) is 25.7 Å². The zero-order valence-corrected chi connectivity index (χ0v) is 18.5. The van der Waals surface area contributed by atoms with Crippen LogP contribution in [0.15, 0.2) is 35.4 Å². The van der Waals surface area contributed by atoms with Gasteiger partial charge in [-0.1, -0.05) is 25.7 Å². The number of aromatic nitrogens is 4. The van der Waals surface area contributed by atoms with Crippen LogP contribution in [0.1, 0.15) is 34.7 Å². The first kappa shape index (κ1) is 20.5. The van der Waals surface area contributed by atoms with E-state index in [4.69, 9.17) is 4.74 Å². The Bertz CT molecular complexity index is 1160. The second-order valence-electron chi connectivity index (χ2n) is 9.02. The van der Waals surface area contributed by atoms with Gasteiger partial charge in [0, 0.05) is 20.9 Å². The van der Waals surface area contributed by atoms with Crippen LogP contribution in [-0.4, -0.2) is 45.1 Å². The monoisotopic (exact) mass is 426 g/mol. The third kappa shape index (κ3) is 4.36. The molecule has 4 rings (SSSR count). The van der Waals surface area contributed by atoms with E-state index in [1.807, 2.05) is 18.2 Å². The summed E-state index contributed by atoms with van der Waals surface area (Å²) in [5, 5.41) is 13.9. The standard InChI is InChI=1S/C21H26N4O4Si/c1-30(2,3)9-8-29-13-24-19(26)17-10-15(14-4-5-14)6-7-18(17)23-21(24)25-12-16(11-22-25)20(27)28/h6-7,10-12,14H,4-5,8-9,13H2,1-3H3,(H,27,28). The Labute approximate surface area is 175 Å². The van der Waals surface area contributed by atoms with Crippen molar-refractivity contribution in [2.45, 2.75) is 51.2 Å². The molecule has 2 aromatic heterocycles. The summed E-state index contributed by atoms with van der Waals surface area (Å²) in [6.45, 7) is 7.39. The van der Waals surface area contributed by atoms with Gasteiger partial charge in [-0.2, -0.15) is 5.10 Å². The summed E-state index contributed by atoms with van der Waals surface area (Å²) < 4.78 is 8.58. The molecule has 1 aromatic carbocycles. The van der Waals surface area contributed by atoms with Gasteiger partial charge in [0.2, 0.25) is 5.95 Å². The highest BCUT2D eigenvalue weighted by atomic mass is 28.3. The van der Waals surface area contributed by atoms with Crippen LogP contribution in [0.3, 0.4) is 0 Å². The number of rotatable bonds is 8. The van der Waals surface area contributed by atoms with Gasteiger partial charge in [-0.05, 0) is 42.5 Å². The number of nitrogens with zero attached hydrogens (tertiary/aromatic N) is 4. The molecule has 0 radical (unpaired) electrons. The van der Waals surface area contributed by atoms with Crippen LogP contribution in [0, 0.1) is 0 Å². The Kier molecular flexibility index (Phi) is 5.33. The lowest BCUT2D eigenvalue weighted by Gasteiger charge is -2.17. The molecule has 1 fully saturated rings. The van der Waals surface area contributed by atoms with Crippen molar-refractivity contribution >= 4 is 24.9 Å². The van der Waals surface area contributed by atoms with E-state index in [2.05, 4.69) is 29.7 Å². The van der Waals surface area contributed by atoms with Gasteiger partial charge < -0.3 is 9.84 Å². The van der Waals surface area contributed by atoms with Crippen molar-refractivity contribution in [3.8, 4) is 5.95 Å². The van der Waals surface area contributed by atoms with Crippen LogP contribution in [0.5, 0.6) is 0 Å². The fourth-order valence-corrected chi connectivity index (χ4v) is 4.02. The lowest BCUT2D eigenvalue weighted by Crippen LogP contribution is -2.28. The SMILES string of the molecule is C[Si](C)(C)CCOCn1c(-n2cc(C(=O)O)cn2)nc2ccc(C3CC3)cc2c1=O. The van der Waals surface area contributed by atoms with E-state index in [0.29, 0.717) is 23.4 Å². The smallest absolute Gasteiger partial charge is 0.338 e. The summed E-state index contributed by atoms with van der Waals surface area (Å²) in [4.78, 5) is 29.2. The van der Waals surface area contributed by atoms with Gasteiger partial charge in [-0.15, -0.1) is 0 Å².